The van der Waals surface area contributed by atoms with Crippen molar-refractivity contribution in [1.29, 1.82) is 5.26 Å². The molecule has 0 atom stereocenters. The number of thiocarbonyl (C=S) groups is 1. The van der Waals surface area contributed by atoms with E-state index in [-0.39, 0.29) is 10.8 Å². The van der Waals surface area contributed by atoms with Crippen molar-refractivity contribution in [2.45, 2.75) is 0 Å². The number of non-ortho nitro benzene ring substituents is 1. The first kappa shape index (κ1) is 10.9. The van der Waals surface area contributed by atoms with Crippen molar-refractivity contribution in [1.82, 2.24) is 5.32 Å². The van der Waals surface area contributed by atoms with Gasteiger partial charge in [0.2, 0.25) is 0 Å². The Hall–Kier alpha value is -2.20. The normalized spacial score (nSPS) is 8.73. The van der Waals surface area contributed by atoms with E-state index in [1.807, 2.05) is 0 Å². The molecule has 1 aromatic carbocycles. The third-order valence-electron chi connectivity index (χ3n) is 1.51. The number of rotatable bonds is 2. The molecule has 2 N–H and O–H groups in total. The average molecular weight is 222 g/mol. The van der Waals surface area contributed by atoms with E-state index in [9.17, 15) is 10.1 Å². The molecule has 15 heavy (non-hydrogen) atoms. The van der Waals surface area contributed by atoms with E-state index in [0.717, 1.165) is 0 Å². The van der Waals surface area contributed by atoms with Crippen LogP contribution in [0.5, 0.6) is 0 Å². The molecule has 1 rings (SSSR count). The molecule has 0 aliphatic carbocycles. The number of anilines is 1. The predicted molar refractivity (Wildman–Crippen MR) is 58.1 cm³/mol. The molecule has 0 bridgehead atoms. The van der Waals surface area contributed by atoms with E-state index in [2.05, 4.69) is 10.6 Å². The fourth-order valence-corrected chi connectivity index (χ4v) is 1.04. The number of nitro benzene ring substituents is 1. The van der Waals surface area contributed by atoms with Gasteiger partial charge in [0.05, 0.1) is 4.92 Å². The minimum Gasteiger partial charge on any atom is -0.332 e. The molecular weight excluding hydrogens is 216 g/mol. The number of nitro groups is 1. The van der Waals surface area contributed by atoms with Crippen molar-refractivity contribution < 1.29 is 4.92 Å². The van der Waals surface area contributed by atoms with Crippen LogP contribution in [-0.4, -0.2) is 10.0 Å². The van der Waals surface area contributed by atoms with Crippen LogP contribution in [-0.2, 0) is 0 Å². The van der Waals surface area contributed by atoms with Crippen LogP contribution in [0.4, 0.5) is 11.4 Å². The molecule has 0 saturated carbocycles. The van der Waals surface area contributed by atoms with Gasteiger partial charge in [-0.3, -0.25) is 15.4 Å². The van der Waals surface area contributed by atoms with Gasteiger partial charge in [-0.25, -0.2) is 0 Å². The summed E-state index contributed by atoms with van der Waals surface area (Å²) >= 11 is 4.74. The second kappa shape index (κ2) is 4.88. The predicted octanol–water partition coefficient (Wildman–Crippen LogP) is 1.36. The zero-order valence-electron chi connectivity index (χ0n) is 7.43. The van der Waals surface area contributed by atoms with Crippen LogP contribution < -0.4 is 10.6 Å². The van der Waals surface area contributed by atoms with Crippen LogP contribution in [0.2, 0.25) is 0 Å². The molecule has 1 aromatic rings. The Morgan fingerprint density at radius 3 is 2.53 bits per heavy atom. The van der Waals surface area contributed by atoms with E-state index < -0.39 is 4.92 Å². The summed E-state index contributed by atoms with van der Waals surface area (Å²) in [6.07, 6.45) is 1.66. The van der Waals surface area contributed by atoms with Gasteiger partial charge in [0.25, 0.3) is 5.69 Å². The van der Waals surface area contributed by atoms with Crippen LogP contribution in [0.25, 0.3) is 0 Å². The molecule has 0 unspecified atom stereocenters. The summed E-state index contributed by atoms with van der Waals surface area (Å²) < 4.78 is 0. The van der Waals surface area contributed by atoms with Crippen LogP contribution in [0, 0.1) is 21.6 Å². The molecule has 0 spiro atoms. The molecule has 0 heterocycles. The van der Waals surface area contributed by atoms with Gasteiger partial charge in [0.1, 0.15) is 0 Å². The quantitative estimate of drug-likeness (QED) is 0.258. The first-order valence-electron chi connectivity index (χ1n) is 3.84. The SMILES string of the molecule is N#CNC(=S)Nc1ccc([N+](=O)[O-])cc1. The van der Waals surface area contributed by atoms with Gasteiger partial charge >= 0.3 is 0 Å². The summed E-state index contributed by atoms with van der Waals surface area (Å²) in [4.78, 5) is 9.85. The maximum atomic E-state index is 10.3. The molecule has 0 aromatic heterocycles. The Kier molecular flexibility index (Phi) is 3.54. The van der Waals surface area contributed by atoms with Crippen molar-refractivity contribution in [2.75, 3.05) is 5.32 Å². The highest BCUT2D eigenvalue weighted by atomic mass is 32.1. The van der Waals surface area contributed by atoms with E-state index in [1.54, 1.807) is 6.19 Å². The lowest BCUT2D eigenvalue weighted by atomic mass is 10.3. The number of hydrogen-bond donors (Lipinski definition) is 2. The summed E-state index contributed by atoms with van der Waals surface area (Å²) in [5, 5.41) is 23.6. The average Bonchev–Trinajstić information content (AvgIpc) is 2.18. The minimum atomic E-state index is -0.490. The van der Waals surface area contributed by atoms with Crippen molar-refractivity contribution in [3.8, 4) is 6.19 Å². The van der Waals surface area contributed by atoms with Gasteiger partial charge in [-0.05, 0) is 24.4 Å². The van der Waals surface area contributed by atoms with Crippen molar-refractivity contribution >= 4 is 28.7 Å². The maximum absolute atomic E-state index is 10.3. The van der Waals surface area contributed by atoms with Crippen molar-refractivity contribution in [3.05, 3.63) is 34.4 Å². The van der Waals surface area contributed by atoms with E-state index in [0.29, 0.717) is 5.69 Å². The Morgan fingerprint density at radius 2 is 2.07 bits per heavy atom. The summed E-state index contributed by atoms with van der Waals surface area (Å²) in [7, 11) is 0. The largest absolute Gasteiger partial charge is 0.332 e. The summed E-state index contributed by atoms with van der Waals surface area (Å²) in [5.41, 5.74) is 0.577. The molecular formula is C8H6N4O2S. The Morgan fingerprint density at radius 1 is 1.47 bits per heavy atom. The molecule has 0 amide bonds. The number of hydrogen-bond acceptors (Lipinski definition) is 4. The fraction of sp³-hybridized carbons (Fsp3) is 0. The Bertz CT molecular complexity index is 423. The highest BCUT2D eigenvalue weighted by molar-refractivity contribution is 7.80. The monoisotopic (exact) mass is 222 g/mol. The second-order valence-corrected chi connectivity index (χ2v) is 2.90. The first-order chi connectivity index (χ1) is 7.13. The molecule has 7 heteroatoms. The maximum Gasteiger partial charge on any atom is 0.269 e. The Balaban J connectivity index is 2.69. The lowest BCUT2D eigenvalue weighted by Crippen LogP contribution is -2.23. The topological polar surface area (TPSA) is 91.0 Å². The molecule has 6 nitrogen and oxygen atoms in total. The smallest absolute Gasteiger partial charge is 0.269 e. The number of benzene rings is 1. The van der Waals surface area contributed by atoms with E-state index in [4.69, 9.17) is 17.5 Å². The van der Waals surface area contributed by atoms with Gasteiger partial charge in [-0.15, -0.1) is 0 Å². The first-order valence-corrected chi connectivity index (χ1v) is 4.25. The lowest BCUT2D eigenvalue weighted by Gasteiger charge is -2.04. The molecule has 0 aliphatic heterocycles. The van der Waals surface area contributed by atoms with Gasteiger partial charge in [-0.2, -0.15) is 5.26 Å². The third-order valence-corrected chi connectivity index (χ3v) is 1.71. The summed E-state index contributed by atoms with van der Waals surface area (Å²) in [6.45, 7) is 0. The third kappa shape index (κ3) is 3.21. The van der Waals surface area contributed by atoms with Crippen LogP contribution >= 0.6 is 12.2 Å². The molecule has 0 aliphatic rings. The zero-order valence-corrected chi connectivity index (χ0v) is 8.25. The fourth-order valence-electron chi connectivity index (χ4n) is 0.880. The number of nitrogens with zero attached hydrogens (tertiary/aromatic N) is 2. The molecule has 0 radical (unpaired) electrons. The van der Waals surface area contributed by atoms with Crippen molar-refractivity contribution in [2.24, 2.45) is 0 Å². The second-order valence-electron chi connectivity index (χ2n) is 2.49. The summed E-state index contributed by atoms with van der Waals surface area (Å²) in [5.74, 6) is 0. The Labute approximate surface area is 90.7 Å². The molecule has 76 valence electrons. The highest BCUT2D eigenvalue weighted by Gasteiger charge is 2.04. The van der Waals surface area contributed by atoms with E-state index >= 15 is 0 Å². The van der Waals surface area contributed by atoms with Crippen LogP contribution in [0.1, 0.15) is 0 Å². The molecule has 0 fully saturated rings. The van der Waals surface area contributed by atoms with Gasteiger partial charge in [-0.1, -0.05) is 0 Å². The number of nitrogens with one attached hydrogen (secondary N) is 2. The summed E-state index contributed by atoms with van der Waals surface area (Å²) in [6, 6.07) is 5.70. The zero-order chi connectivity index (χ0) is 11.3. The van der Waals surface area contributed by atoms with Gasteiger partial charge in [0, 0.05) is 17.8 Å². The standard InChI is InChI=1S/C8H6N4O2S/c9-5-10-8(15)11-6-1-3-7(4-2-6)12(13)14/h1-4H,(H2,10,11,15). The van der Waals surface area contributed by atoms with Gasteiger partial charge < -0.3 is 5.32 Å². The van der Waals surface area contributed by atoms with Crippen molar-refractivity contribution in [3.63, 3.8) is 0 Å². The van der Waals surface area contributed by atoms with Gasteiger partial charge in [0.15, 0.2) is 11.3 Å². The highest BCUT2D eigenvalue weighted by Crippen LogP contribution is 2.14. The van der Waals surface area contributed by atoms with Crippen LogP contribution in [0.3, 0.4) is 0 Å². The minimum absolute atomic E-state index is 0.000268. The number of nitriles is 1. The van der Waals surface area contributed by atoms with E-state index in [1.165, 1.54) is 24.3 Å². The van der Waals surface area contributed by atoms with Crippen LogP contribution in [0.15, 0.2) is 24.3 Å². The molecule has 0 saturated heterocycles. The lowest BCUT2D eigenvalue weighted by molar-refractivity contribution is -0.384.